The summed E-state index contributed by atoms with van der Waals surface area (Å²) < 4.78 is 16.2. The van der Waals surface area contributed by atoms with Crippen LogP contribution in [0.5, 0.6) is 0 Å². The van der Waals surface area contributed by atoms with Crippen molar-refractivity contribution in [3.8, 4) is 5.69 Å². The van der Waals surface area contributed by atoms with Gasteiger partial charge < -0.3 is 4.57 Å². The minimum Gasteiger partial charge on any atom is -0.302 e. The lowest BCUT2D eigenvalue weighted by Gasteiger charge is -2.12. The molecule has 1 aliphatic heterocycles. The number of carbonyl (C=O) groups is 1. The van der Waals surface area contributed by atoms with Gasteiger partial charge in [-0.1, -0.05) is 12.1 Å². The van der Waals surface area contributed by atoms with Crippen LogP contribution in [0.2, 0.25) is 0 Å². The van der Waals surface area contributed by atoms with Gasteiger partial charge in [0.15, 0.2) is 0 Å². The summed E-state index contributed by atoms with van der Waals surface area (Å²) in [5.74, 6) is 0.435. The molecule has 1 aromatic heterocycles. The molecule has 4 nitrogen and oxygen atoms in total. The minimum atomic E-state index is -0.340. The summed E-state index contributed by atoms with van der Waals surface area (Å²) >= 11 is 0. The Labute approximate surface area is 131 Å². The van der Waals surface area contributed by atoms with E-state index >= 15 is 0 Å². The molecule has 0 saturated carbocycles. The fourth-order valence-electron chi connectivity index (χ4n) is 2.82. The van der Waals surface area contributed by atoms with Crippen molar-refractivity contribution in [1.82, 2.24) is 9.55 Å². The zero-order chi connectivity index (χ0) is 15.8. The first-order valence-electron chi connectivity index (χ1n) is 7.19. The Morgan fingerprint density at radius 2 is 2.00 bits per heavy atom. The van der Waals surface area contributed by atoms with Crippen LogP contribution in [-0.2, 0) is 6.54 Å². The van der Waals surface area contributed by atoms with Crippen LogP contribution in [0.3, 0.4) is 0 Å². The first-order valence-corrected chi connectivity index (χ1v) is 7.19. The average Bonchev–Trinajstić information content (AvgIpc) is 2.99. The quantitative estimate of drug-likeness (QED) is 0.683. The number of rotatable bonds is 2. The summed E-state index contributed by atoms with van der Waals surface area (Å²) in [6.45, 7) is 0.349. The Hall–Kier alpha value is -3.08. The number of hydrogen-bond acceptors (Lipinski definition) is 3. The maximum absolute atomic E-state index is 14.3. The van der Waals surface area contributed by atoms with Crippen LogP contribution in [0.25, 0.3) is 5.69 Å². The highest BCUT2D eigenvalue weighted by Crippen LogP contribution is 2.26. The second-order valence-corrected chi connectivity index (χ2v) is 5.25. The molecule has 5 heteroatoms. The van der Waals surface area contributed by atoms with Crippen LogP contribution in [0.1, 0.15) is 27.3 Å². The number of benzene rings is 2. The summed E-state index contributed by atoms with van der Waals surface area (Å²) in [6.07, 6.45) is 4.32. The van der Waals surface area contributed by atoms with Gasteiger partial charge in [-0.25, -0.2) is 9.37 Å². The van der Waals surface area contributed by atoms with Gasteiger partial charge in [-0.05, 0) is 30.3 Å². The van der Waals surface area contributed by atoms with Crippen molar-refractivity contribution in [3.63, 3.8) is 0 Å². The zero-order valence-electron chi connectivity index (χ0n) is 12.1. The number of halogens is 1. The van der Waals surface area contributed by atoms with Crippen molar-refractivity contribution in [1.29, 1.82) is 0 Å². The van der Waals surface area contributed by atoms with E-state index in [0.717, 1.165) is 23.4 Å². The molecule has 0 bridgehead atoms. The van der Waals surface area contributed by atoms with Crippen molar-refractivity contribution < 1.29 is 9.18 Å². The minimum absolute atomic E-state index is 0.340. The van der Waals surface area contributed by atoms with E-state index < -0.39 is 0 Å². The van der Waals surface area contributed by atoms with E-state index in [1.54, 1.807) is 36.5 Å². The van der Waals surface area contributed by atoms with Crippen LogP contribution in [0.15, 0.2) is 59.9 Å². The van der Waals surface area contributed by atoms with Crippen LogP contribution in [-0.4, -0.2) is 21.5 Å². The normalized spacial score (nSPS) is 12.8. The van der Waals surface area contributed by atoms with E-state index in [0.29, 0.717) is 23.4 Å². The summed E-state index contributed by atoms with van der Waals surface area (Å²) in [6, 6.07) is 11.8. The van der Waals surface area contributed by atoms with E-state index in [1.165, 1.54) is 6.07 Å². The van der Waals surface area contributed by atoms with Gasteiger partial charge in [-0.15, -0.1) is 0 Å². The number of aliphatic imine (C=N–C) groups is 1. The maximum atomic E-state index is 14.3. The molecule has 3 aromatic rings. The van der Waals surface area contributed by atoms with Gasteiger partial charge in [-0.3, -0.25) is 9.79 Å². The Bertz CT molecular complexity index is 943. The van der Waals surface area contributed by atoms with Crippen molar-refractivity contribution >= 4 is 12.0 Å². The van der Waals surface area contributed by atoms with Crippen LogP contribution in [0.4, 0.5) is 4.39 Å². The third kappa shape index (κ3) is 2.17. The molecule has 2 heterocycles. The molecule has 0 saturated heterocycles. The predicted octanol–water partition coefficient (Wildman–Crippen LogP) is 3.17. The molecular weight excluding hydrogens is 293 g/mol. The summed E-state index contributed by atoms with van der Waals surface area (Å²) in [4.78, 5) is 20.0. The SMILES string of the molecule is O=Cc1ccc2c(c1)C(c1ccccc1F)=NCc1nccn1-2. The van der Waals surface area contributed by atoms with Crippen molar-refractivity contribution in [2.24, 2.45) is 4.99 Å². The molecule has 0 N–H and O–H groups in total. The molecule has 0 spiro atoms. The van der Waals surface area contributed by atoms with Gasteiger partial charge in [0.2, 0.25) is 0 Å². The second kappa shape index (κ2) is 5.28. The number of hydrogen-bond donors (Lipinski definition) is 0. The number of nitrogens with zero attached hydrogens (tertiary/aromatic N) is 3. The summed E-state index contributed by atoms with van der Waals surface area (Å²) in [7, 11) is 0. The molecule has 0 aliphatic carbocycles. The topological polar surface area (TPSA) is 47.2 Å². The Morgan fingerprint density at radius 1 is 1.13 bits per heavy atom. The fourth-order valence-corrected chi connectivity index (χ4v) is 2.82. The van der Waals surface area contributed by atoms with Crippen molar-refractivity contribution in [2.45, 2.75) is 6.54 Å². The molecule has 0 unspecified atom stereocenters. The Kier molecular flexibility index (Phi) is 3.12. The van der Waals surface area contributed by atoms with E-state index in [2.05, 4.69) is 9.98 Å². The summed E-state index contributed by atoms with van der Waals surface area (Å²) in [5.41, 5.74) is 3.03. The van der Waals surface area contributed by atoms with Crippen molar-refractivity contribution in [2.75, 3.05) is 0 Å². The van der Waals surface area contributed by atoms with E-state index in [9.17, 15) is 9.18 Å². The first kappa shape index (κ1) is 13.6. The lowest BCUT2D eigenvalue weighted by molar-refractivity contribution is 0.112. The fraction of sp³-hybridized carbons (Fsp3) is 0.0556. The van der Waals surface area contributed by atoms with E-state index in [-0.39, 0.29) is 5.82 Å². The zero-order valence-corrected chi connectivity index (χ0v) is 12.1. The van der Waals surface area contributed by atoms with Crippen LogP contribution in [0, 0.1) is 5.82 Å². The van der Waals surface area contributed by atoms with Gasteiger partial charge >= 0.3 is 0 Å². The molecule has 0 atom stereocenters. The molecule has 4 rings (SSSR count). The summed E-state index contributed by atoms with van der Waals surface area (Å²) in [5, 5.41) is 0. The average molecular weight is 305 g/mol. The van der Waals surface area contributed by atoms with Gasteiger partial charge in [0, 0.05) is 29.1 Å². The molecule has 1 aliphatic rings. The number of imidazole rings is 1. The number of aromatic nitrogens is 2. The third-order valence-corrected chi connectivity index (χ3v) is 3.90. The van der Waals surface area contributed by atoms with Crippen LogP contribution >= 0.6 is 0 Å². The monoisotopic (exact) mass is 305 g/mol. The van der Waals surface area contributed by atoms with Gasteiger partial charge in [-0.2, -0.15) is 0 Å². The molecule has 23 heavy (non-hydrogen) atoms. The molecule has 0 radical (unpaired) electrons. The Balaban J connectivity index is 2.01. The first-order chi connectivity index (χ1) is 11.3. The number of aldehydes is 1. The van der Waals surface area contributed by atoms with Crippen LogP contribution < -0.4 is 0 Å². The highest BCUT2D eigenvalue weighted by molar-refractivity contribution is 6.15. The van der Waals surface area contributed by atoms with E-state index in [1.807, 2.05) is 16.8 Å². The lowest BCUT2D eigenvalue weighted by Crippen LogP contribution is -2.09. The molecule has 112 valence electrons. The lowest BCUT2D eigenvalue weighted by atomic mass is 9.98. The highest BCUT2D eigenvalue weighted by atomic mass is 19.1. The molecule has 0 fully saturated rings. The van der Waals surface area contributed by atoms with Gasteiger partial charge in [0.1, 0.15) is 17.9 Å². The van der Waals surface area contributed by atoms with E-state index in [4.69, 9.17) is 0 Å². The Morgan fingerprint density at radius 3 is 2.83 bits per heavy atom. The standard InChI is InChI=1S/C18H12FN3O/c19-15-4-2-1-3-13(15)18-14-9-12(11-23)5-6-16(14)22-8-7-20-17(22)10-21-18/h1-9,11H,10H2. The largest absolute Gasteiger partial charge is 0.302 e. The second-order valence-electron chi connectivity index (χ2n) is 5.25. The maximum Gasteiger partial charge on any atom is 0.150 e. The molecule has 0 amide bonds. The van der Waals surface area contributed by atoms with Crippen molar-refractivity contribution in [3.05, 3.63) is 83.2 Å². The molecular formula is C18H12FN3O. The smallest absolute Gasteiger partial charge is 0.150 e. The third-order valence-electron chi connectivity index (χ3n) is 3.90. The molecule has 2 aromatic carbocycles. The predicted molar refractivity (Wildman–Crippen MR) is 84.7 cm³/mol. The van der Waals surface area contributed by atoms with Gasteiger partial charge in [0.05, 0.1) is 17.9 Å². The highest BCUT2D eigenvalue weighted by Gasteiger charge is 2.21. The number of fused-ring (bicyclic) bond motifs is 3. The van der Waals surface area contributed by atoms with Gasteiger partial charge in [0.25, 0.3) is 0 Å². The number of carbonyl (C=O) groups excluding carboxylic acids is 1.